The van der Waals surface area contributed by atoms with Crippen LogP contribution in [0.25, 0.3) is 0 Å². The van der Waals surface area contributed by atoms with E-state index >= 15 is 0 Å². The van der Waals surface area contributed by atoms with Crippen LogP contribution in [0.4, 0.5) is 0 Å². The van der Waals surface area contributed by atoms with E-state index in [-0.39, 0.29) is 22.9 Å². The zero-order chi connectivity index (χ0) is 8.27. The summed E-state index contributed by atoms with van der Waals surface area (Å²) in [5.41, 5.74) is 11.2. The summed E-state index contributed by atoms with van der Waals surface area (Å²) in [6, 6.07) is 0. The van der Waals surface area contributed by atoms with E-state index in [4.69, 9.17) is 11.5 Å². The second kappa shape index (κ2) is 5.10. The predicted molar refractivity (Wildman–Crippen MR) is 56.7 cm³/mol. The van der Waals surface area contributed by atoms with E-state index in [0.29, 0.717) is 6.54 Å². The summed E-state index contributed by atoms with van der Waals surface area (Å²) in [6.45, 7) is 2.43. The molecule has 1 heterocycles. The summed E-state index contributed by atoms with van der Waals surface area (Å²) in [4.78, 5) is 8.01. The Morgan fingerprint density at radius 2 is 2.33 bits per heavy atom. The maximum Gasteiger partial charge on any atom is 0.186 e. The monoisotopic (exact) mass is 250 g/mol. The van der Waals surface area contributed by atoms with Crippen molar-refractivity contribution in [1.29, 1.82) is 0 Å². The van der Waals surface area contributed by atoms with Gasteiger partial charge in [0.25, 0.3) is 0 Å². The van der Waals surface area contributed by atoms with E-state index in [1.165, 1.54) is 0 Å². The Bertz CT molecular complexity index is 266. The highest BCUT2D eigenvalue weighted by atomic mass is 79.9. The maximum atomic E-state index is 5.15. The third-order valence-corrected chi connectivity index (χ3v) is 1.91. The molecule has 0 aliphatic rings. The van der Waals surface area contributed by atoms with Gasteiger partial charge >= 0.3 is 0 Å². The molecule has 0 spiro atoms. The van der Waals surface area contributed by atoms with E-state index in [9.17, 15) is 0 Å². The van der Waals surface area contributed by atoms with Crippen LogP contribution in [0.5, 0.6) is 0 Å². The highest BCUT2D eigenvalue weighted by molar-refractivity contribution is 8.93. The van der Waals surface area contributed by atoms with E-state index in [0.717, 1.165) is 10.7 Å². The molecule has 0 fully saturated rings. The van der Waals surface area contributed by atoms with Crippen molar-refractivity contribution in [2.75, 3.05) is 0 Å². The fourth-order valence-electron chi connectivity index (χ4n) is 0.653. The van der Waals surface area contributed by atoms with E-state index in [1.54, 1.807) is 11.3 Å². The minimum absolute atomic E-state index is 0. The molecule has 6 heteroatoms. The Labute approximate surface area is 85.5 Å². The van der Waals surface area contributed by atoms with Crippen molar-refractivity contribution < 1.29 is 0 Å². The van der Waals surface area contributed by atoms with Crippen LogP contribution >= 0.6 is 28.3 Å². The average Bonchev–Trinajstić information content (AvgIpc) is 2.31. The van der Waals surface area contributed by atoms with Crippen LogP contribution in [0.2, 0.25) is 0 Å². The van der Waals surface area contributed by atoms with Gasteiger partial charge in [0, 0.05) is 5.38 Å². The van der Waals surface area contributed by atoms with Crippen LogP contribution in [0.1, 0.15) is 10.7 Å². The third-order valence-electron chi connectivity index (χ3n) is 1.09. The van der Waals surface area contributed by atoms with Gasteiger partial charge in [0.2, 0.25) is 0 Å². The Hall–Kier alpha value is -0.620. The number of nitrogens with zero attached hydrogens (tertiary/aromatic N) is 2. The van der Waals surface area contributed by atoms with Gasteiger partial charge in [-0.2, -0.15) is 0 Å². The summed E-state index contributed by atoms with van der Waals surface area (Å²) in [6.07, 6.45) is 0. The zero-order valence-corrected chi connectivity index (χ0v) is 9.18. The molecule has 0 saturated heterocycles. The average molecular weight is 251 g/mol. The molecule has 0 atom stereocenters. The predicted octanol–water partition coefficient (Wildman–Crippen LogP) is 0.803. The standard InChI is InChI=1S/C6H10N4S.BrH/c1-4-10-5(3-11-4)2-9-6(7)8;/h3H,2H2,1H3,(H4,7,8,9);1H. The number of thiazole rings is 1. The van der Waals surface area contributed by atoms with Crippen LogP contribution in [-0.4, -0.2) is 10.9 Å². The molecule has 0 saturated carbocycles. The van der Waals surface area contributed by atoms with Gasteiger partial charge < -0.3 is 11.5 Å². The highest BCUT2D eigenvalue weighted by Gasteiger charge is 1.95. The smallest absolute Gasteiger partial charge is 0.186 e. The Kier molecular flexibility index (Phi) is 4.84. The van der Waals surface area contributed by atoms with E-state index in [2.05, 4.69) is 9.98 Å². The molecule has 1 aromatic rings. The van der Waals surface area contributed by atoms with Crippen LogP contribution < -0.4 is 11.5 Å². The van der Waals surface area contributed by atoms with Gasteiger partial charge in [-0.3, -0.25) is 0 Å². The first-order chi connectivity index (χ1) is 5.18. The second-order valence-electron chi connectivity index (χ2n) is 2.10. The van der Waals surface area contributed by atoms with Gasteiger partial charge in [-0.25, -0.2) is 9.98 Å². The minimum atomic E-state index is 0. The molecule has 0 aliphatic carbocycles. The fraction of sp³-hybridized carbons (Fsp3) is 0.333. The van der Waals surface area contributed by atoms with Crippen molar-refractivity contribution in [2.45, 2.75) is 13.5 Å². The third kappa shape index (κ3) is 3.68. The van der Waals surface area contributed by atoms with Crippen molar-refractivity contribution in [3.05, 3.63) is 16.1 Å². The molecule has 0 unspecified atom stereocenters. The number of hydrogen-bond acceptors (Lipinski definition) is 3. The van der Waals surface area contributed by atoms with Crippen molar-refractivity contribution in [3.8, 4) is 0 Å². The first-order valence-corrected chi connectivity index (χ1v) is 4.03. The molecule has 0 aliphatic heterocycles. The number of nitrogens with two attached hydrogens (primary N) is 2. The quantitative estimate of drug-likeness (QED) is 0.603. The van der Waals surface area contributed by atoms with Crippen molar-refractivity contribution in [2.24, 2.45) is 16.5 Å². The van der Waals surface area contributed by atoms with Crippen LogP contribution in [0.3, 0.4) is 0 Å². The van der Waals surface area contributed by atoms with Crippen LogP contribution in [-0.2, 0) is 6.54 Å². The molecule has 0 aromatic carbocycles. The van der Waals surface area contributed by atoms with Crippen molar-refractivity contribution in [1.82, 2.24) is 4.98 Å². The topological polar surface area (TPSA) is 77.3 Å². The molecule has 0 amide bonds. The van der Waals surface area contributed by atoms with E-state index < -0.39 is 0 Å². The number of aryl methyl sites for hydroxylation is 1. The number of guanidine groups is 1. The van der Waals surface area contributed by atoms with Gasteiger partial charge in [-0.15, -0.1) is 28.3 Å². The number of hydrogen-bond donors (Lipinski definition) is 2. The van der Waals surface area contributed by atoms with Gasteiger partial charge in [0.1, 0.15) is 0 Å². The number of aromatic nitrogens is 1. The SMILES string of the molecule is Br.Cc1nc(CN=C(N)N)cs1. The fourth-order valence-corrected chi connectivity index (χ4v) is 1.26. The number of aliphatic imine (C=N–C) groups is 1. The Balaban J connectivity index is 0.00000121. The summed E-state index contributed by atoms with van der Waals surface area (Å²) in [7, 11) is 0. The Morgan fingerprint density at radius 3 is 2.75 bits per heavy atom. The minimum Gasteiger partial charge on any atom is -0.370 e. The second-order valence-corrected chi connectivity index (χ2v) is 3.16. The number of halogens is 1. The summed E-state index contributed by atoms with van der Waals surface area (Å²) in [5, 5.41) is 2.98. The lowest BCUT2D eigenvalue weighted by Crippen LogP contribution is -2.22. The van der Waals surface area contributed by atoms with Gasteiger partial charge in [-0.05, 0) is 6.92 Å². The number of rotatable bonds is 2. The van der Waals surface area contributed by atoms with Crippen molar-refractivity contribution in [3.63, 3.8) is 0 Å². The maximum absolute atomic E-state index is 5.15. The lowest BCUT2D eigenvalue weighted by Gasteiger charge is -1.89. The molecule has 0 radical (unpaired) electrons. The van der Waals surface area contributed by atoms with Gasteiger partial charge in [-0.1, -0.05) is 0 Å². The Morgan fingerprint density at radius 1 is 1.67 bits per heavy atom. The normalized spacial score (nSPS) is 8.75. The van der Waals surface area contributed by atoms with Crippen LogP contribution in [0, 0.1) is 6.92 Å². The molecule has 4 N–H and O–H groups in total. The first kappa shape index (κ1) is 11.4. The van der Waals surface area contributed by atoms with Crippen molar-refractivity contribution >= 4 is 34.3 Å². The molecule has 12 heavy (non-hydrogen) atoms. The molecule has 1 aromatic heterocycles. The van der Waals surface area contributed by atoms with Crippen LogP contribution in [0.15, 0.2) is 10.4 Å². The van der Waals surface area contributed by atoms with Gasteiger partial charge in [0.05, 0.1) is 17.2 Å². The first-order valence-electron chi connectivity index (χ1n) is 3.15. The molecule has 68 valence electrons. The largest absolute Gasteiger partial charge is 0.370 e. The summed E-state index contributed by atoms with van der Waals surface area (Å²) in [5.74, 6) is 0.107. The molecular weight excluding hydrogens is 240 g/mol. The summed E-state index contributed by atoms with van der Waals surface area (Å²) >= 11 is 1.59. The lowest BCUT2D eigenvalue weighted by atomic mass is 10.5. The van der Waals surface area contributed by atoms with E-state index in [1.807, 2.05) is 12.3 Å². The highest BCUT2D eigenvalue weighted by Crippen LogP contribution is 2.08. The molecule has 0 bridgehead atoms. The molecular formula is C6H11BrN4S. The zero-order valence-electron chi connectivity index (χ0n) is 6.65. The summed E-state index contributed by atoms with van der Waals surface area (Å²) < 4.78 is 0. The molecule has 4 nitrogen and oxygen atoms in total. The molecule has 1 rings (SSSR count). The van der Waals surface area contributed by atoms with Gasteiger partial charge in [0.15, 0.2) is 5.96 Å². The lowest BCUT2D eigenvalue weighted by molar-refractivity contribution is 0.990.